The van der Waals surface area contributed by atoms with Gasteiger partial charge < -0.3 is 9.80 Å². The summed E-state index contributed by atoms with van der Waals surface area (Å²) in [6, 6.07) is 16.0. The highest BCUT2D eigenvalue weighted by Gasteiger charge is 2.52. The number of likely N-dealkylation sites (N-methyl/N-ethyl adjacent to an activating group) is 1. The molecule has 0 aromatic heterocycles. The Morgan fingerprint density at radius 2 is 1.85 bits per heavy atom. The van der Waals surface area contributed by atoms with E-state index in [4.69, 9.17) is 0 Å². The zero-order valence-corrected chi connectivity index (χ0v) is 15.4. The van der Waals surface area contributed by atoms with Crippen LogP contribution in [0.5, 0.6) is 0 Å². The number of likely N-dealkylation sites (tertiary alicyclic amines) is 1. The van der Waals surface area contributed by atoms with Crippen molar-refractivity contribution in [1.29, 1.82) is 0 Å². The van der Waals surface area contributed by atoms with Gasteiger partial charge in [0.15, 0.2) is 0 Å². The minimum Gasteiger partial charge on any atom is -0.341 e. The second-order valence-electron chi connectivity index (χ2n) is 7.49. The van der Waals surface area contributed by atoms with Gasteiger partial charge in [0.05, 0.1) is 11.8 Å². The molecule has 2 aliphatic heterocycles. The molecule has 0 unspecified atom stereocenters. The molecule has 1 saturated heterocycles. The molecule has 2 aliphatic rings. The third-order valence-electron chi connectivity index (χ3n) is 5.94. The van der Waals surface area contributed by atoms with E-state index in [1.54, 1.807) is 4.90 Å². The van der Waals surface area contributed by atoms with Gasteiger partial charge in [-0.25, -0.2) is 0 Å². The summed E-state index contributed by atoms with van der Waals surface area (Å²) in [4.78, 5) is 29.7. The molecule has 4 rings (SSSR count). The van der Waals surface area contributed by atoms with Crippen molar-refractivity contribution in [3.63, 3.8) is 0 Å². The molecule has 1 atom stereocenters. The Labute approximate surface area is 154 Å². The quantitative estimate of drug-likeness (QED) is 0.837. The fraction of sp³-hybridized carbons (Fsp3) is 0.364. The van der Waals surface area contributed by atoms with Crippen LogP contribution in [0.1, 0.15) is 29.5 Å². The van der Waals surface area contributed by atoms with E-state index in [2.05, 4.69) is 0 Å². The molecule has 2 aromatic carbocycles. The summed E-state index contributed by atoms with van der Waals surface area (Å²) in [5, 5.41) is 0. The molecule has 26 heavy (non-hydrogen) atoms. The zero-order chi connectivity index (χ0) is 18.3. The van der Waals surface area contributed by atoms with Gasteiger partial charge in [-0.05, 0) is 42.5 Å². The number of carbonyl (C=O) groups excluding carboxylic acids is 2. The third-order valence-corrected chi connectivity index (χ3v) is 5.94. The van der Waals surface area contributed by atoms with Crippen molar-refractivity contribution >= 4 is 17.5 Å². The highest BCUT2D eigenvalue weighted by atomic mass is 16.2. The van der Waals surface area contributed by atoms with Gasteiger partial charge in [-0.3, -0.25) is 9.59 Å². The Balaban J connectivity index is 1.61. The van der Waals surface area contributed by atoms with Crippen LogP contribution in [0, 0.1) is 6.92 Å². The second kappa shape index (κ2) is 6.27. The SMILES string of the molecule is Cc1ccccc1CC(=O)N1CCC[C@@]2(C1)C(=O)N(C)c1ccccc12. The first-order valence-electron chi connectivity index (χ1n) is 9.23. The molecule has 2 amide bonds. The lowest BCUT2D eigenvalue weighted by Gasteiger charge is -2.39. The van der Waals surface area contributed by atoms with E-state index in [9.17, 15) is 9.59 Å². The monoisotopic (exact) mass is 348 g/mol. The number of fused-ring (bicyclic) bond motifs is 2. The maximum atomic E-state index is 13.1. The summed E-state index contributed by atoms with van der Waals surface area (Å²) in [6.07, 6.45) is 2.06. The lowest BCUT2D eigenvalue weighted by molar-refractivity contribution is -0.135. The van der Waals surface area contributed by atoms with Gasteiger partial charge >= 0.3 is 0 Å². The number of piperidine rings is 1. The van der Waals surface area contributed by atoms with Crippen molar-refractivity contribution in [2.75, 3.05) is 25.0 Å². The summed E-state index contributed by atoms with van der Waals surface area (Å²) in [5.41, 5.74) is 3.67. The Bertz CT molecular complexity index is 876. The summed E-state index contributed by atoms with van der Waals surface area (Å²) in [5.74, 6) is 0.227. The topological polar surface area (TPSA) is 40.6 Å². The number of carbonyl (C=O) groups is 2. The van der Waals surface area contributed by atoms with Crippen LogP contribution in [0.25, 0.3) is 0 Å². The van der Waals surface area contributed by atoms with Crippen LogP contribution in [-0.4, -0.2) is 36.9 Å². The molecule has 134 valence electrons. The summed E-state index contributed by atoms with van der Waals surface area (Å²) in [6.45, 7) is 3.25. The first-order valence-corrected chi connectivity index (χ1v) is 9.23. The van der Waals surface area contributed by atoms with Crippen molar-refractivity contribution < 1.29 is 9.59 Å². The van der Waals surface area contributed by atoms with E-state index >= 15 is 0 Å². The van der Waals surface area contributed by atoms with Crippen molar-refractivity contribution in [2.24, 2.45) is 0 Å². The lowest BCUT2D eigenvalue weighted by Crippen LogP contribution is -2.53. The third kappa shape index (κ3) is 2.52. The highest BCUT2D eigenvalue weighted by molar-refractivity contribution is 6.08. The predicted octanol–water partition coefficient (Wildman–Crippen LogP) is 3.07. The van der Waals surface area contributed by atoms with E-state index in [-0.39, 0.29) is 11.8 Å². The fourth-order valence-electron chi connectivity index (χ4n) is 4.46. The number of nitrogens with zero attached hydrogens (tertiary/aromatic N) is 2. The van der Waals surface area contributed by atoms with Gasteiger partial charge in [-0.1, -0.05) is 42.5 Å². The summed E-state index contributed by atoms with van der Waals surface area (Å²) < 4.78 is 0. The summed E-state index contributed by atoms with van der Waals surface area (Å²) >= 11 is 0. The average molecular weight is 348 g/mol. The van der Waals surface area contributed by atoms with Crippen molar-refractivity contribution in [3.8, 4) is 0 Å². The van der Waals surface area contributed by atoms with Gasteiger partial charge in [-0.2, -0.15) is 0 Å². The largest absolute Gasteiger partial charge is 0.341 e. The van der Waals surface area contributed by atoms with Crippen LogP contribution < -0.4 is 4.90 Å². The average Bonchev–Trinajstić information content (AvgIpc) is 2.86. The number of hydrogen-bond acceptors (Lipinski definition) is 2. The first kappa shape index (κ1) is 16.8. The molecule has 2 aromatic rings. The number of anilines is 1. The first-order chi connectivity index (χ1) is 12.5. The molecule has 0 radical (unpaired) electrons. The minimum atomic E-state index is -0.578. The van der Waals surface area contributed by atoms with E-state index in [0.717, 1.165) is 41.8 Å². The molecular weight excluding hydrogens is 324 g/mol. The standard InChI is InChI=1S/C22H24N2O2/c1-16-8-3-4-9-17(16)14-20(25)24-13-7-12-22(15-24)18-10-5-6-11-19(18)23(2)21(22)26/h3-6,8-11H,7,12-15H2,1-2H3/t22-/m0/s1. The number of hydrogen-bond donors (Lipinski definition) is 0. The molecule has 1 fully saturated rings. The van der Waals surface area contributed by atoms with Crippen LogP contribution in [0.3, 0.4) is 0 Å². The van der Waals surface area contributed by atoms with Gasteiger partial charge in [-0.15, -0.1) is 0 Å². The smallest absolute Gasteiger partial charge is 0.239 e. The number of rotatable bonds is 2. The van der Waals surface area contributed by atoms with Crippen molar-refractivity contribution in [2.45, 2.75) is 31.6 Å². The zero-order valence-electron chi connectivity index (χ0n) is 15.4. The molecular formula is C22H24N2O2. The number of amides is 2. The van der Waals surface area contributed by atoms with Gasteiger partial charge in [0.2, 0.25) is 11.8 Å². The Hall–Kier alpha value is -2.62. The number of benzene rings is 2. The van der Waals surface area contributed by atoms with Crippen LogP contribution in [0.15, 0.2) is 48.5 Å². The van der Waals surface area contributed by atoms with Crippen molar-refractivity contribution in [1.82, 2.24) is 4.90 Å². The van der Waals surface area contributed by atoms with Crippen LogP contribution in [-0.2, 0) is 21.4 Å². The minimum absolute atomic E-state index is 0.109. The maximum absolute atomic E-state index is 13.1. The lowest BCUT2D eigenvalue weighted by atomic mass is 9.75. The van der Waals surface area contributed by atoms with Crippen LogP contribution >= 0.6 is 0 Å². The predicted molar refractivity (Wildman–Crippen MR) is 102 cm³/mol. The maximum Gasteiger partial charge on any atom is 0.239 e. The summed E-state index contributed by atoms with van der Waals surface area (Å²) in [7, 11) is 1.84. The molecule has 4 nitrogen and oxygen atoms in total. The van der Waals surface area contributed by atoms with E-state index in [1.165, 1.54) is 0 Å². The van der Waals surface area contributed by atoms with Gasteiger partial charge in [0.25, 0.3) is 0 Å². The van der Waals surface area contributed by atoms with Gasteiger partial charge in [0, 0.05) is 25.8 Å². The number of aryl methyl sites for hydroxylation is 1. The van der Waals surface area contributed by atoms with Crippen molar-refractivity contribution in [3.05, 3.63) is 65.2 Å². The Morgan fingerprint density at radius 1 is 1.12 bits per heavy atom. The number of para-hydroxylation sites is 1. The molecule has 0 saturated carbocycles. The molecule has 0 aliphatic carbocycles. The fourth-order valence-corrected chi connectivity index (χ4v) is 4.46. The molecule has 0 bridgehead atoms. The molecule has 4 heteroatoms. The normalized spacial score (nSPS) is 22.0. The van der Waals surface area contributed by atoms with Crippen LogP contribution in [0.2, 0.25) is 0 Å². The van der Waals surface area contributed by atoms with E-state index in [0.29, 0.717) is 13.0 Å². The van der Waals surface area contributed by atoms with Gasteiger partial charge in [0.1, 0.15) is 0 Å². The molecule has 1 spiro atoms. The highest BCUT2D eigenvalue weighted by Crippen LogP contribution is 2.46. The van der Waals surface area contributed by atoms with E-state index in [1.807, 2.05) is 67.4 Å². The molecule has 2 heterocycles. The Morgan fingerprint density at radius 3 is 2.65 bits per heavy atom. The second-order valence-corrected chi connectivity index (χ2v) is 7.49. The Kier molecular flexibility index (Phi) is 4.06. The van der Waals surface area contributed by atoms with E-state index < -0.39 is 5.41 Å². The molecule has 0 N–H and O–H groups in total. The van der Waals surface area contributed by atoms with Crippen LogP contribution in [0.4, 0.5) is 5.69 Å².